The van der Waals surface area contributed by atoms with Gasteiger partial charge in [-0.2, -0.15) is 10.2 Å². The van der Waals surface area contributed by atoms with E-state index >= 15 is 0 Å². The second-order valence-electron chi connectivity index (χ2n) is 11.3. The number of nitrogens with one attached hydrogen (secondary N) is 3. The van der Waals surface area contributed by atoms with Gasteiger partial charge in [0.15, 0.2) is 0 Å². The molecule has 4 saturated carbocycles. The monoisotopic (exact) mass is 586 g/mol. The van der Waals surface area contributed by atoms with Crippen molar-refractivity contribution in [1.82, 2.24) is 15.3 Å². The Kier molecular flexibility index (Phi) is 7.13. The van der Waals surface area contributed by atoms with Crippen molar-refractivity contribution in [2.45, 2.75) is 44.8 Å². The average molecular weight is 588 g/mol. The Bertz CT molecular complexity index is 1380. The highest BCUT2D eigenvalue weighted by Gasteiger charge is 2.55. The van der Waals surface area contributed by atoms with E-state index in [1.165, 1.54) is 6.42 Å². The number of anilines is 3. The second-order valence-corrected chi connectivity index (χ2v) is 12.2. The Morgan fingerprint density at radius 2 is 1.90 bits per heavy atom. The minimum Gasteiger partial charge on any atom is -0.445 e. The zero-order valence-electron chi connectivity index (χ0n) is 21.6. The Balaban J connectivity index is 1.10. The van der Waals surface area contributed by atoms with Crippen LogP contribution >= 0.6 is 15.9 Å². The van der Waals surface area contributed by atoms with Gasteiger partial charge in [0.2, 0.25) is 5.95 Å². The van der Waals surface area contributed by atoms with Crippen LogP contribution in [0.2, 0.25) is 0 Å². The van der Waals surface area contributed by atoms with Crippen molar-refractivity contribution in [2.24, 2.45) is 23.2 Å². The van der Waals surface area contributed by atoms with Crippen LogP contribution in [0.25, 0.3) is 0 Å². The van der Waals surface area contributed by atoms with Crippen molar-refractivity contribution in [2.75, 3.05) is 17.2 Å². The van der Waals surface area contributed by atoms with Crippen LogP contribution in [0.3, 0.4) is 0 Å². The van der Waals surface area contributed by atoms with Crippen LogP contribution in [0, 0.1) is 34.5 Å². The molecule has 0 spiro atoms. The highest BCUT2D eigenvalue weighted by molar-refractivity contribution is 9.10. The predicted octanol–water partition coefficient (Wildman–Crippen LogP) is 6.39. The molecule has 1 aromatic heterocycles. The molecule has 200 valence electrons. The summed E-state index contributed by atoms with van der Waals surface area (Å²) in [5.74, 6) is 2.56. The van der Waals surface area contributed by atoms with E-state index in [4.69, 9.17) is 4.74 Å². The van der Waals surface area contributed by atoms with Crippen molar-refractivity contribution in [3.63, 3.8) is 0 Å². The number of amides is 1. The van der Waals surface area contributed by atoms with E-state index in [1.807, 2.05) is 54.6 Å². The number of hydrogen-bond acceptors (Lipinski definition) is 7. The van der Waals surface area contributed by atoms with Crippen molar-refractivity contribution in [3.05, 3.63) is 76.4 Å². The molecule has 4 aliphatic rings. The number of hydrogen-bond donors (Lipinski definition) is 3. The molecule has 0 saturated heterocycles. The molecule has 2 aromatic carbocycles. The highest BCUT2D eigenvalue weighted by Crippen LogP contribution is 2.60. The van der Waals surface area contributed by atoms with Gasteiger partial charge in [-0.15, -0.1) is 0 Å². The van der Waals surface area contributed by atoms with Crippen LogP contribution in [-0.4, -0.2) is 28.6 Å². The van der Waals surface area contributed by atoms with Gasteiger partial charge in [0.1, 0.15) is 24.1 Å². The maximum Gasteiger partial charge on any atom is 0.407 e. The molecule has 1 heterocycles. The first kappa shape index (κ1) is 25.6. The molecule has 3 aromatic rings. The molecule has 0 radical (unpaired) electrons. The molecule has 7 rings (SSSR count). The molecule has 9 heteroatoms. The van der Waals surface area contributed by atoms with Crippen LogP contribution in [-0.2, 0) is 11.3 Å². The predicted molar refractivity (Wildman–Crippen MR) is 152 cm³/mol. The van der Waals surface area contributed by atoms with Gasteiger partial charge in [-0.25, -0.2) is 9.78 Å². The third-order valence-electron chi connectivity index (χ3n) is 8.52. The number of halogens is 1. The van der Waals surface area contributed by atoms with Gasteiger partial charge in [0.25, 0.3) is 0 Å². The third kappa shape index (κ3) is 5.71. The third-order valence-corrected chi connectivity index (χ3v) is 9.01. The summed E-state index contributed by atoms with van der Waals surface area (Å²) in [6.07, 6.45) is 6.82. The lowest BCUT2D eigenvalue weighted by Crippen LogP contribution is -2.60. The number of nitriles is 1. The van der Waals surface area contributed by atoms with Crippen LogP contribution in [0.4, 0.5) is 22.2 Å². The number of carbonyl (C=O) groups excluding carboxylic acids is 1. The molecule has 0 aliphatic heterocycles. The van der Waals surface area contributed by atoms with E-state index in [2.05, 4.69) is 47.9 Å². The van der Waals surface area contributed by atoms with Crippen LogP contribution in [0.5, 0.6) is 0 Å². The van der Waals surface area contributed by atoms with Crippen molar-refractivity contribution < 1.29 is 9.53 Å². The van der Waals surface area contributed by atoms with Gasteiger partial charge in [-0.3, -0.25) is 0 Å². The zero-order valence-corrected chi connectivity index (χ0v) is 23.2. The summed E-state index contributed by atoms with van der Waals surface area (Å²) in [6.45, 7) is 1.04. The van der Waals surface area contributed by atoms with E-state index in [9.17, 15) is 10.1 Å². The minimum atomic E-state index is -0.325. The summed E-state index contributed by atoms with van der Waals surface area (Å²) in [5, 5.41) is 19.6. The van der Waals surface area contributed by atoms with Crippen LogP contribution in [0.1, 0.15) is 43.2 Å². The summed E-state index contributed by atoms with van der Waals surface area (Å²) in [7, 11) is 0. The van der Waals surface area contributed by atoms with Gasteiger partial charge in [0, 0.05) is 22.7 Å². The Labute approximate surface area is 236 Å². The molecule has 1 unspecified atom stereocenters. The van der Waals surface area contributed by atoms with Gasteiger partial charge in [-0.05, 0) is 79.0 Å². The fourth-order valence-electron chi connectivity index (χ4n) is 7.17. The molecule has 5 atom stereocenters. The molecular formula is C30H31BrN6O2. The molecule has 4 aliphatic carbocycles. The average Bonchev–Trinajstić information content (AvgIpc) is 2.93. The molecule has 4 bridgehead atoms. The topological polar surface area (TPSA) is 112 Å². The summed E-state index contributed by atoms with van der Waals surface area (Å²) in [5.41, 5.74) is 2.42. The van der Waals surface area contributed by atoms with Gasteiger partial charge in [-0.1, -0.05) is 52.3 Å². The summed E-state index contributed by atoms with van der Waals surface area (Å²) in [6, 6.07) is 19.9. The fourth-order valence-corrected chi connectivity index (χ4v) is 7.57. The lowest BCUT2D eigenvalue weighted by Gasteiger charge is -2.60. The lowest BCUT2D eigenvalue weighted by atomic mass is 9.48. The Morgan fingerprint density at radius 3 is 2.64 bits per heavy atom. The number of alkyl carbamates (subject to hydrolysis) is 1. The maximum absolute atomic E-state index is 12.7. The SMILES string of the molecule is N#Cc1cnc(Nc2cccc(Br)c2)nc1NC[C@]12CC3C[C@H](C1)[C@@H](NC(=O)OCc1ccccc1)[C@@H](C3)C2. The van der Waals surface area contributed by atoms with E-state index in [1.54, 1.807) is 6.20 Å². The van der Waals surface area contributed by atoms with E-state index in [0.29, 0.717) is 35.1 Å². The molecule has 39 heavy (non-hydrogen) atoms. The lowest BCUT2D eigenvalue weighted by molar-refractivity contribution is -0.0683. The summed E-state index contributed by atoms with van der Waals surface area (Å²) >= 11 is 3.48. The number of ether oxygens (including phenoxy) is 1. The fraction of sp³-hybridized carbons (Fsp3) is 0.400. The molecule has 8 nitrogen and oxygen atoms in total. The quantitative estimate of drug-likeness (QED) is 0.280. The minimum absolute atomic E-state index is 0.137. The Morgan fingerprint density at radius 1 is 1.10 bits per heavy atom. The number of rotatable bonds is 8. The first-order valence-corrected chi connectivity index (χ1v) is 14.3. The normalized spacial score (nSPS) is 26.5. The van der Waals surface area contributed by atoms with E-state index < -0.39 is 0 Å². The van der Waals surface area contributed by atoms with E-state index in [-0.39, 0.29) is 24.2 Å². The van der Waals surface area contributed by atoms with Crippen molar-refractivity contribution in [1.29, 1.82) is 5.26 Å². The molecular weight excluding hydrogens is 556 g/mol. The number of benzene rings is 2. The summed E-state index contributed by atoms with van der Waals surface area (Å²) < 4.78 is 6.49. The number of nitrogens with zero attached hydrogens (tertiary/aromatic N) is 3. The smallest absolute Gasteiger partial charge is 0.407 e. The van der Waals surface area contributed by atoms with Gasteiger partial charge >= 0.3 is 6.09 Å². The van der Waals surface area contributed by atoms with Crippen LogP contribution in [0.15, 0.2) is 65.3 Å². The van der Waals surface area contributed by atoms with Gasteiger partial charge in [0.05, 0.1) is 6.20 Å². The second kappa shape index (κ2) is 10.9. The standard InChI is InChI=1S/C30H31BrN6O2/c31-24-7-4-8-25(11-24)35-28-33-16-23(15-32)27(37-28)34-18-30-12-20-9-21(13-30)26(22(10-20)14-30)36-29(38)39-17-19-5-2-1-3-6-19/h1-8,11,16,20-22,26H,9-10,12-14,17-18H2,(H,36,38)(H2,33,34,35,37)/t20?,21-,22+,26-,30-. The summed E-state index contributed by atoms with van der Waals surface area (Å²) in [4.78, 5) is 21.6. The number of carbonyl (C=O) groups is 1. The molecule has 3 N–H and O–H groups in total. The van der Waals surface area contributed by atoms with Crippen LogP contribution < -0.4 is 16.0 Å². The Hall–Kier alpha value is -3.64. The highest BCUT2D eigenvalue weighted by atomic mass is 79.9. The van der Waals surface area contributed by atoms with Crippen molar-refractivity contribution in [3.8, 4) is 6.07 Å². The molecule has 1 amide bonds. The van der Waals surface area contributed by atoms with E-state index in [0.717, 1.165) is 48.0 Å². The zero-order chi connectivity index (χ0) is 26.8. The first-order chi connectivity index (χ1) is 19.0. The van der Waals surface area contributed by atoms with Gasteiger partial charge < -0.3 is 20.7 Å². The number of aromatic nitrogens is 2. The molecule has 4 fully saturated rings. The largest absolute Gasteiger partial charge is 0.445 e. The first-order valence-electron chi connectivity index (χ1n) is 13.5. The maximum atomic E-state index is 12.7. The van der Waals surface area contributed by atoms with Crippen molar-refractivity contribution >= 4 is 39.5 Å².